The van der Waals surface area contributed by atoms with Gasteiger partial charge in [0.05, 0.1) is 0 Å². The number of benzene rings is 2. The number of aliphatic carboxylic acids is 1. The number of fused-ring (bicyclic) bond motifs is 3. The van der Waals surface area contributed by atoms with E-state index in [-0.39, 0.29) is 5.41 Å². The maximum Gasteiger partial charge on any atom is 0.327 e. The van der Waals surface area contributed by atoms with E-state index in [0.29, 0.717) is 6.42 Å². The third-order valence-electron chi connectivity index (χ3n) is 5.16. The number of pyridine rings is 1. The Kier molecular flexibility index (Phi) is 4.13. The van der Waals surface area contributed by atoms with E-state index in [4.69, 9.17) is 5.11 Å². The minimum atomic E-state index is -0.913. The second-order valence-electron chi connectivity index (χ2n) is 6.65. The average Bonchev–Trinajstić information content (AvgIpc) is 2.93. The summed E-state index contributed by atoms with van der Waals surface area (Å²) in [5.41, 5.74) is 5.90. The van der Waals surface area contributed by atoms with Crippen molar-refractivity contribution in [2.45, 2.75) is 18.3 Å². The average molecular weight is 341 g/mol. The lowest BCUT2D eigenvalue weighted by Gasteiger charge is -2.31. The van der Waals surface area contributed by atoms with Gasteiger partial charge in [-0.3, -0.25) is 4.98 Å². The molecule has 0 amide bonds. The maximum atomic E-state index is 11.0. The Balaban J connectivity index is 1.91. The van der Waals surface area contributed by atoms with E-state index < -0.39 is 5.97 Å². The molecule has 0 spiro atoms. The number of carboxylic acids is 1. The summed E-state index contributed by atoms with van der Waals surface area (Å²) in [6.07, 6.45) is 8.08. The fourth-order valence-corrected chi connectivity index (χ4v) is 4.11. The summed E-state index contributed by atoms with van der Waals surface area (Å²) in [5.74, 6) is -0.913. The van der Waals surface area contributed by atoms with E-state index in [0.717, 1.165) is 6.42 Å². The van der Waals surface area contributed by atoms with Crippen LogP contribution in [0.5, 0.6) is 0 Å². The Morgan fingerprint density at radius 1 is 0.923 bits per heavy atom. The maximum absolute atomic E-state index is 11.0. The summed E-state index contributed by atoms with van der Waals surface area (Å²) in [4.78, 5) is 15.2. The van der Waals surface area contributed by atoms with Gasteiger partial charge in [-0.2, -0.15) is 0 Å². The first-order valence-corrected chi connectivity index (χ1v) is 8.68. The summed E-state index contributed by atoms with van der Waals surface area (Å²) in [7, 11) is 0. The lowest BCUT2D eigenvalue weighted by atomic mass is 9.71. The van der Waals surface area contributed by atoms with Crippen molar-refractivity contribution < 1.29 is 9.90 Å². The summed E-state index contributed by atoms with van der Waals surface area (Å²) in [6, 6.07) is 21.0. The number of aromatic nitrogens is 1. The molecule has 3 nitrogen and oxygen atoms in total. The number of allylic oxidation sites excluding steroid dienone is 1. The molecule has 1 N–H and O–H groups in total. The van der Waals surface area contributed by atoms with Crippen LogP contribution in [0.3, 0.4) is 0 Å². The molecule has 0 unspecified atom stereocenters. The summed E-state index contributed by atoms with van der Waals surface area (Å²) in [5, 5.41) is 9.06. The Bertz CT molecular complexity index is 931. The zero-order valence-electron chi connectivity index (χ0n) is 14.3. The number of hydrogen-bond donors (Lipinski definition) is 1. The zero-order chi connectivity index (χ0) is 18.0. The van der Waals surface area contributed by atoms with E-state index in [9.17, 15) is 4.79 Å². The van der Waals surface area contributed by atoms with E-state index in [1.165, 1.54) is 33.9 Å². The van der Waals surface area contributed by atoms with Gasteiger partial charge in [0.15, 0.2) is 0 Å². The van der Waals surface area contributed by atoms with Crippen LogP contribution >= 0.6 is 0 Å². The highest BCUT2D eigenvalue weighted by molar-refractivity contribution is 5.82. The topological polar surface area (TPSA) is 50.2 Å². The molecular formula is C23H19NO2. The largest absolute Gasteiger partial charge is 0.478 e. The second-order valence-corrected chi connectivity index (χ2v) is 6.65. The molecule has 0 aliphatic heterocycles. The van der Waals surface area contributed by atoms with Gasteiger partial charge < -0.3 is 5.11 Å². The monoisotopic (exact) mass is 341 g/mol. The van der Waals surface area contributed by atoms with Crippen LogP contribution in [-0.4, -0.2) is 16.1 Å². The molecule has 26 heavy (non-hydrogen) atoms. The van der Waals surface area contributed by atoms with Gasteiger partial charge in [-0.15, -0.1) is 0 Å². The van der Waals surface area contributed by atoms with Crippen LogP contribution in [0.15, 0.2) is 85.2 Å². The molecule has 2 aromatic carbocycles. The standard InChI is InChI=1S/C23H19NO2/c25-22(26)10-5-13-23(16-17-11-14-24-15-12-17)20-8-3-1-6-18(20)19-7-2-4-9-21(19)23/h1-12,14-15H,13,16H2,(H,25,26)/b10-5+. The highest BCUT2D eigenvalue weighted by atomic mass is 16.4. The van der Waals surface area contributed by atoms with Crippen molar-refractivity contribution in [2.75, 3.05) is 0 Å². The minimum Gasteiger partial charge on any atom is -0.478 e. The van der Waals surface area contributed by atoms with Gasteiger partial charge in [0.2, 0.25) is 0 Å². The quantitative estimate of drug-likeness (QED) is 0.689. The van der Waals surface area contributed by atoms with Crippen LogP contribution in [0.2, 0.25) is 0 Å². The third-order valence-corrected chi connectivity index (χ3v) is 5.16. The molecule has 3 heteroatoms. The van der Waals surface area contributed by atoms with E-state index in [2.05, 4.69) is 53.5 Å². The molecule has 0 fully saturated rings. The van der Waals surface area contributed by atoms with Crippen molar-refractivity contribution in [3.05, 3.63) is 102 Å². The molecule has 0 saturated heterocycles. The smallest absolute Gasteiger partial charge is 0.327 e. The Hall–Kier alpha value is -3.20. The Labute approximate surface area is 152 Å². The van der Waals surface area contributed by atoms with Crippen molar-refractivity contribution in [1.82, 2.24) is 4.98 Å². The molecule has 0 bridgehead atoms. The van der Waals surface area contributed by atoms with Gasteiger partial charge in [0.25, 0.3) is 0 Å². The first-order valence-electron chi connectivity index (χ1n) is 8.68. The van der Waals surface area contributed by atoms with Crippen molar-refractivity contribution in [3.8, 4) is 11.1 Å². The lowest BCUT2D eigenvalue weighted by molar-refractivity contribution is -0.131. The van der Waals surface area contributed by atoms with Crippen LogP contribution < -0.4 is 0 Å². The van der Waals surface area contributed by atoms with E-state index in [1.807, 2.05) is 24.5 Å². The number of carbonyl (C=O) groups is 1. The van der Waals surface area contributed by atoms with E-state index in [1.54, 1.807) is 6.08 Å². The molecule has 0 radical (unpaired) electrons. The van der Waals surface area contributed by atoms with Crippen LogP contribution in [0, 0.1) is 0 Å². The third kappa shape index (κ3) is 2.72. The minimum absolute atomic E-state index is 0.277. The molecule has 1 aromatic heterocycles. The molecular weight excluding hydrogens is 322 g/mol. The van der Waals surface area contributed by atoms with Crippen molar-refractivity contribution in [3.63, 3.8) is 0 Å². The fraction of sp³-hybridized carbons (Fsp3) is 0.130. The summed E-state index contributed by atoms with van der Waals surface area (Å²) >= 11 is 0. The molecule has 1 aliphatic carbocycles. The highest BCUT2D eigenvalue weighted by Gasteiger charge is 2.42. The first-order chi connectivity index (χ1) is 12.7. The lowest BCUT2D eigenvalue weighted by Crippen LogP contribution is -2.27. The fourth-order valence-electron chi connectivity index (χ4n) is 4.11. The number of carboxylic acid groups (broad SMARTS) is 1. The predicted octanol–water partition coefficient (Wildman–Crippen LogP) is 4.62. The van der Waals surface area contributed by atoms with Crippen molar-refractivity contribution in [1.29, 1.82) is 0 Å². The predicted molar refractivity (Wildman–Crippen MR) is 102 cm³/mol. The summed E-state index contributed by atoms with van der Waals surface area (Å²) in [6.45, 7) is 0. The normalized spacial score (nSPS) is 14.2. The van der Waals surface area contributed by atoms with Crippen LogP contribution in [0.25, 0.3) is 11.1 Å². The number of rotatable bonds is 5. The first kappa shape index (κ1) is 16.3. The van der Waals surface area contributed by atoms with E-state index >= 15 is 0 Å². The van der Waals surface area contributed by atoms with Gasteiger partial charge >= 0.3 is 5.97 Å². The van der Waals surface area contributed by atoms with Gasteiger partial charge in [-0.25, -0.2) is 4.79 Å². The Morgan fingerprint density at radius 2 is 1.50 bits per heavy atom. The van der Waals surface area contributed by atoms with Crippen LogP contribution in [-0.2, 0) is 16.6 Å². The van der Waals surface area contributed by atoms with Crippen molar-refractivity contribution >= 4 is 5.97 Å². The SMILES string of the molecule is O=C(O)/C=C/CC1(Cc2ccncc2)c2ccccc2-c2ccccc21. The second kappa shape index (κ2) is 6.60. The molecule has 0 saturated carbocycles. The highest BCUT2D eigenvalue weighted by Crippen LogP contribution is 2.52. The van der Waals surface area contributed by atoms with Gasteiger partial charge in [-0.05, 0) is 52.8 Å². The molecule has 4 rings (SSSR count). The molecule has 0 atom stereocenters. The zero-order valence-corrected chi connectivity index (χ0v) is 14.3. The summed E-state index contributed by atoms with van der Waals surface area (Å²) < 4.78 is 0. The molecule has 1 aliphatic rings. The van der Waals surface area contributed by atoms with Gasteiger partial charge in [-0.1, -0.05) is 54.6 Å². The number of hydrogen-bond acceptors (Lipinski definition) is 2. The van der Waals surface area contributed by atoms with Crippen LogP contribution in [0.1, 0.15) is 23.1 Å². The van der Waals surface area contributed by atoms with Crippen LogP contribution in [0.4, 0.5) is 0 Å². The van der Waals surface area contributed by atoms with Crippen molar-refractivity contribution in [2.24, 2.45) is 0 Å². The molecule has 1 heterocycles. The number of nitrogens with zero attached hydrogens (tertiary/aromatic N) is 1. The Morgan fingerprint density at radius 3 is 2.08 bits per heavy atom. The van der Waals surface area contributed by atoms with Gasteiger partial charge in [0.1, 0.15) is 0 Å². The van der Waals surface area contributed by atoms with Gasteiger partial charge in [0, 0.05) is 23.9 Å². The molecule has 128 valence electrons. The molecule has 3 aromatic rings.